The Morgan fingerprint density at radius 2 is 2.00 bits per heavy atom. The minimum Gasteiger partial charge on any atom is -0.495 e. The molecule has 2 rings (SSSR count). The van der Waals surface area contributed by atoms with Crippen molar-refractivity contribution >= 4 is 23.1 Å². The van der Waals surface area contributed by atoms with Gasteiger partial charge in [-0.05, 0) is 52.0 Å². The SMILES string of the molecule is COc1ccc(Cl)cc1NCC(=O)c1cc(C)n(C(C)C)c1C. The highest BCUT2D eigenvalue weighted by Gasteiger charge is 2.17. The fraction of sp³-hybridized carbons (Fsp3) is 0.389. The van der Waals surface area contributed by atoms with Crippen LogP contribution in [-0.2, 0) is 0 Å². The lowest BCUT2D eigenvalue weighted by atomic mass is 10.1. The molecule has 1 aromatic carbocycles. The van der Waals surface area contributed by atoms with E-state index in [0.29, 0.717) is 22.5 Å². The zero-order chi connectivity index (χ0) is 17.1. The van der Waals surface area contributed by atoms with Gasteiger partial charge in [-0.25, -0.2) is 0 Å². The number of benzene rings is 1. The number of ketones is 1. The summed E-state index contributed by atoms with van der Waals surface area (Å²) in [5.41, 5.74) is 3.57. The van der Waals surface area contributed by atoms with Crippen molar-refractivity contribution in [3.05, 3.63) is 46.2 Å². The number of Topliss-reactive ketones (excluding diaryl/α,β-unsaturated/α-hetero) is 1. The lowest BCUT2D eigenvalue weighted by Crippen LogP contribution is -2.15. The van der Waals surface area contributed by atoms with Gasteiger partial charge in [-0.1, -0.05) is 11.6 Å². The number of methoxy groups -OCH3 is 1. The molecule has 1 heterocycles. The number of nitrogens with zero attached hydrogens (tertiary/aromatic N) is 1. The second kappa shape index (κ2) is 7.09. The molecule has 0 bridgehead atoms. The maximum atomic E-state index is 12.6. The molecule has 0 atom stereocenters. The van der Waals surface area contributed by atoms with E-state index >= 15 is 0 Å². The molecule has 0 aliphatic rings. The van der Waals surface area contributed by atoms with Crippen LogP contribution < -0.4 is 10.1 Å². The van der Waals surface area contributed by atoms with Crippen molar-refractivity contribution < 1.29 is 9.53 Å². The van der Waals surface area contributed by atoms with Crippen LogP contribution in [0.4, 0.5) is 5.69 Å². The lowest BCUT2D eigenvalue weighted by Gasteiger charge is -2.14. The van der Waals surface area contributed by atoms with Gasteiger partial charge in [0.25, 0.3) is 0 Å². The number of anilines is 1. The lowest BCUT2D eigenvalue weighted by molar-refractivity contribution is 0.101. The third-order valence-corrected chi connectivity index (χ3v) is 4.14. The Labute approximate surface area is 142 Å². The van der Waals surface area contributed by atoms with E-state index < -0.39 is 0 Å². The van der Waals surface area contributed by atoms with E-state index in [4.69, 9.17) is 16.3 Å². The smallest absolute Gasteiger partial charge is 0.183 e. The zero-order valence-corrected chi connectivity index (χ0v) is 15.0. The van der Waals surface area contributed by atoms with Crippen LogP contribution in [0.25, 0.3) is 0 Å². The van der Waals surface area contributed by atoms with Gasteiger partial charge in [-0.2, -0.15) is 0 Å². The van der Waals surface area contributed by atoms with E-state index in [1.54, 1.807) is 25.3 Å². The Kier molecular flexibility index (Phi) is 5.37. The fourth-order valence-corrected chi connectivity index (χ4v) is 3.12. The van der Waals surface area contributed by atoms with E-state index in [2.05, 4.69) is 23.7 Å². The summed E-state index contributed by atoms with van der Waals surface area (Å²) in [5.74, 6) is 0.710. The minimum absolute atomic E-state index is 0.0482. The monoisotopic (exact) mass is 334 g/mol. The van der Waals surface area contributed by atoms with Gasteiger partial charge in [0.15, 0.2) is 5.78 Å². The highest BCUT2D eigenvalue weighted by molar-refractivity contribution is 6.31. The first-order valence-electron chi connectivity index (χ1n) is 7.64. The number of carbonyl (C=O) groups is 1. The highest BCUT2D eigenvalue weighted by atomic mass is 35.5. The van der Waals surface area contributed by atoms with E-state index in [-0.39, 0.29) is 12.3 Å². The Hall–Kier alpha value is -1.94. The van der Waals surface area contributed by atoms with Crippen LogP contribution in [0, 0.1) is 13.8 Å². The van der Waals surface area contributed by atoms with E-state index in [0.717, 1.165) is 17.0 Å². The van der Waals surface area contributed by atoms with Crippen LogP contribution in [0.3, 0.4) is 0 Å². The van der Waals surface area contributed by atoms with Crippen molar-refractivity contribution in [1.29, 1.82) is 0 Å². The van der Waals surface area contributed by atoms with Crippen LogP contribution in [0.2, 0.25) is 5.02 Å². The molecule has 5 heteroatoms. The summed E-state index contributed by atoms with van der Waals surface area (Å²) >= 11 is 6.01. The summed E-state index contributed by atoms with van der Waals surface area (Å²) in [7, 11) is 1.59. The number of hydrogen-bond acceptors (Lipinski definition) is 3. The largest absolute Gasteiger partial charge is 0.495 e. The number of carbonyl (C=O) groups excluding carboxylic acids is 1. The van der Waals surface area contributed by atoms with Crippen molar-refractivity contribution in [1.82, 2.24) is 4.57 Å². The number of aromatic nitrogens is 1. The normalized spacial score (nSPS) is 10.9. The molecule has 0 aliphatic heterocycles. The minimum atomic E-state index is 0.0482. The fourth-order valence-electron chi connectivity index (χ4n) is 2.94. The molecule has 1 N–H and O–H groups in total. The quantitative estimate of drug-likeness (QED) is 0.782. The Bertz CT molecular complexity index is 720. The summed E-state index contributed by atoms with van der Waals surface area (Å²) in [6.45, 7) is 8.43. The molecular formula is C18H23ClN2O2. The molecule has 0 saturated carbocycles. The summed E-state index contributed by atoms with van der Waals surface area (Å²) in [6, 6.07) is 7.57. The molecule has 0 spiro atoms. The van der Waals surface area contributed by atoms with Gasteiger partial charge < -0.3 is 14.6 Å². The molecule has 0 unspecified atom stereocenters. The third kappa shape index (κ3) is 3.70. The van der Waals surface area contributed by atoms with Crippen molar-refractivity contribution in [3.63, 3.8) is 0 Å². The molecule has 0 aliphatic carbocycles. The van der Waals surface area contributed by atoms with Gasteiger partial charge in [0.1, 0.15) is 5.75 Å². The van der Waals surface area contributed by atoms with Gasteiger partial charge in [0, 0.05) is 28.0 Å². The second-order valence-corrected chi connectivity index (χ2v) is 6.31. The molecule has 124 valence electrons. The van der Waals surface area contributed by atoms with Crippen LogP contribution in [0.1, 0.15) is 41.6 Å². The predicted molar refractivity (Wildman–Crippen MR) is 95.1 cm³/mol. The molecule has 0 radical (unpaired) electrons. The number of rotatable bonds is 6. The van der Waals surface area contributed by atoms with Crippen molar-refractivity contribution in [2.24, 2.45) is 0 Å². The maximum Gasteiger partial charge on any atom is 0.183 e. The Balaban J connectivity index is 2.18. The van der Waals surface area contributed by atoms with E-state index in [1.807, 2.05) is 19.9 Å². The summed E-state index contributed by atoms with van der Waals surface area (Å²) in [5, 5.41) is 3.72. The predicted octanol–water partition coefficient (Wildman–Crippen LogP) is 4.64. The number of hydrogen-bond donors (Lipinski definition) is 1. The van der Waals surface area contributed by atoms with E-state index in [9.17, 15) is 4.79 Å². The van der Waals surface area contributed by atoms with Crippen molar-refractivity contribution in [2.45, 2.75) is 33.7 Å². The molecular weight excluding hydrogens is 312 g/mol. The summed E-state index contributed by atoms with van der Waals surface area (Å²) in [6.07, 6.45) is 0. The van der Waals surface area contributed by atoms with Gasteiger partial charge in [-0.3, -0.25) is 4.79 Å². The van der Waals surface area contributed by atoms with Crippen LogP contribution in [-0.4, -0.2) is 24.0 Å². The first-order valence-corrected chi connectivity index (χ1v) is 8.02. The van der Waals surface area contributed by atoms with Gasteiger partial charge in [0.2, 0.25) is 0 Å². The van der Waals surface area contributed by atoms with E-state index in [1.165, 1.54) is 0 Å². The summed E-state index contributed by atoms with van der Waals surface area (Å²) in [4.78, 5) is 12.6. The molecule has 2 aromatic rings. The number of ether oxygens (including phenoxy) is 1. The summed E-state index contributed by atoms with van der Waals surface area (Å²) < 4.78 is 7.45. The number of nitrogens with one attached hydrogen (secondary N) is 1. The molecule has 0 amide bonds. The molecule has 0 saturated heterocycles. The standard InChI is InChI=1S/C18H23ClN2O2/c1-11(2)21-12(3)8-15(13(21)4)17(22)10-20-16-9-14(19)6-7-18(16)23-5/h6-9,11,20H,10H2,1-5H3. The van der Waals surface area contributed by atoms with Crippen LogP contribution in [0.15, 0.2) is 24.3 Å². The zero-order valence-electron chi connectivity index (χ0n) is 14.2. The molecule has 4 nitrogen and oxygen atoms in total. The van der Waals surface area contributed by atoms with Crippen LogP contribution >= 0.6 is 11.6 Å². The Morgan fingerprint density at radius 1 is 1.30 bits per heavy atom. The van der Waals surface area contributed by atoms with Gasteiger partial charge >= 0.3 is 0 Å². The molecule has 23 heavy (non-hydrogen) atoms. The van der Waals surface area contributed by atoms with Crippen molar-refractivity contribution in [3.8, 4) is 5.75 Å². The molecule has 1 aromatic heterocycles. The van der Waals surface area contributed by atoms with Gasteiger partial charge in [-0.15, -0.1) is 0 Å². The second-order valence-electron chi connectivity index (χ2n) is 5.87. The third-order valence-electron chi connectivity index (χ3n) is 3.90. The number of aryl methyl sites for hydroxylation is 1. The average Bonchev–Trinajstić information content (AvgIpc) is 2.80. The first-order chi connectivity index (χ1) is 10.8. The van der Waals surface area contributed by atoms with Crippen molar-refractivity contribution in [2.75, 3.05) is 19.0 Å². The van der Waals surface area contributed by atoms with Gasteiger partial charge in [0.05, 0.1) is 19.3 Å². The average molecular weight is 335 g/mol. The first kappa shape index (κ1) is 17.4. The number of halogens is 1. The Morgan fingerprint density at radius 3 is 2.57 bits per heavy atom. The van der Waals surface area contributed by atoms with Crippen LogP contribution in [0.5, 0.6) is 5.75 Å². The molecule has 0 fully saturated rings. The highest BCUT2D eigenvalue weighted by Crippen LogP contribution is 2.28. The topological polar surface area (TPSA) is 43.3 Å². The maximum absolute atomic E-state index is 12.6.